The highest BCUT2D eigenvalue weighted by Gasteiger charge is 2.26. The van der Waals surface area contributed by atoms with Crippen molar-refractivity contribution in [3.63, 3.8) is 0 Å². The van der Waals surface area contributed by atoms with E-state index in [4.69, 9.17) is 18.6 Å². The van der Waals surface area contributed by atoms with Crippen molar-refractivity contribution >= 4 is 29.0 Å². The van der Waals surface area contributed by atoms with Crippen molar-refractivity contribution in [2.75, 3.05) is 0 Å². The number of fused-ring (bicyclic) bond motifs is 1. The molecule has 10 nitrogen and oxygen atoms in total. The van der Waals surface area contributed by atoms with Crippen LogP contribution in [0.15, 0.2) is 118 Å². The summed E-state index contributed by atoms with van der Waals surface area (Å²) >= 11 is 0. The first-order valence-corrected chi connectivity index (χ1v) is 14.1. The molecular weight excluding hydrogens is 578 g/mol. The van der Waals surface area contributed by atoms with Crippen LogP contribution in [0.3, 0.4) is 0 Å². The van der Waals surface area contributed by atoms with Crippen LogP contribution in [-0.2, 0) is 32.3 Å². The quantitative estimate of drug-likeness (QED) is 0.139. The minimum atomic E-state index is -1.32. The van der Waals surface area contributed by atoms with Gasteiger partial charge in [0.25, 0.3) is 0 Å². The van der Waals surface area contributed by atoms with Crippen molar-refractivity contribution in [3.05, 3.63) is 131 Å². The van der Waals surface area contributed by atoms with E-state index in [0.29, 0.717) is 5.56 Å². The summed E-state index contributed by atoms with van der Waals surface area (Å²) in [6, 6.07) is 29.3. The maximum absolute atomic E-state index is 13.3. The number of amides is 1. The van der Waals surface area contributed by atoms with Gasteiger partial charge in [0.2, 0.25) is 0 Å². The molecule has 0 unspecified atom stereocenters. The number of aromatic hydroxyl groups is 1. The summed E-state index contributed by atoms with van der Waals surface area (Å²) in [6.07, 6.45) is -1.29. The van der Waals surface area contributed by atoms with Crippen LogP contribution in [-0.4, -0.2) is 29.2 Å². The molecule has 1 atom stereocenters. The first kappa shape index (κ1) is 30.6. The summed E-state index contributed by atoms with van der Waals surface area (Å²) < 4.78 is 21.9. The van der Waals surface area contributed by atoms with Gasteiger partial charge in [0.1, 0.15) is 47.5 Å². The number of rotatable bonds is 11. The van der Waals surface area contributed by atoms with E-state index >= 15 is 0 Å². The highest BCUT2D eigenvalue weighted by atomic mass is 16.6. The summed E-state index contributed by atoms with van der Waals surface area (Å²) in [7, 11) is 0. The summed E-state index contributed by atoms with van der Waals surface area (Å²) in [4.78, 5) is 51.2. The molecule has 0 spiro atoms. The predicted octanol–water partition coefficient (Wildman–Crippen LogP) is 5.89. The number of ether oxygens (including phenoxy) is 3. The molecule has 0 saturated heterocycles. The van der Waals surface area contributed by atoms with Crippen LogP contribution in [0.5, 0.6) is 11.5 Å². The molecule has 5 aromatic rings. The van der Waals surface area contributed by atoms with E-state index in [-0.39, 0.29) is 48.5 Å². The Morgan fingerprint density at radius 2 is 1.38 bits per heavy atom. The zero-order valence-electron chi connectivity index (χ0n) is 24.0. The summed E-state index contributed by atoms with van der Waals surface area (Å²) in [5.41, 5.74) is 1.67. The lowest BCUT2D eigenvalue weighted by Crippen LogP contribution is -2.43. The van der Waals surface area contributed by atoms with Crippen molar-refractivity contribution in [1.82, 2.24) is 5.32 Å². The predicted molar refractivity (Wildman–Crippen MR) is 164 cm³/mol. The molecule has 2 N–H and O–H groups in total. The molecule has 0 aliphatic heterocycles. The number of hydrogen-bond donors (Lipinski definition) is 2. The van der Waals surface area contributed by atoms with Gasteiger partial charge in [-0.15, -0.1) is 0 Å². The Bertz CT molecular complexity index is 1840. The Hall–Kier alpha value is -5.90. The van der Waals surface area contributed by atoms with Crippen molar-refractivity contribution < 1.29 is 38.1 Å². The van der Waals surface area contributed by atoms with Crippen LogP contribution in [0.1, 0.15) is 24.0 Å². The van der Waals surface area contributed by atoms with E-state index in [1.54, 1.807) is 48.5 Å². The average Bonchev–Trinajstić information content (AvgIpc) is 3.05. The summed E-state index contributed by atoms with van der Waals surface area (Å²) in [5.74, 6) is -1.88. The molecule has 1 aromatic heterocycles. The van der Waals surface area contributed by atoms with Gasteiger partial charge in [-0.1, -0.05) is 91.0 Å². The Balaban J connectivity index is 1.31. The van der Waals surface area contributed by atoms with Gasteiger partial charge in [0.05, 0.1) is 0 Å². The van der Waals surface area contributed by atoms with Crippen molar-refractivity contribution in [3.8, 4) is 22.8 Å². The van der Waals surface area contributed by atoms with Gasteiger partial charge in [-0.05, 0) is 17.5 Å². The van der Waals surface area contributed by atoms with Gasteiger partial charge < -0.3 is 29.1 Å². The standard InChI is InChI=1S/C35H29NO9/c37-28-18-26(19-31-33(28)29(38)20-30(45-31)25-14-8-3-9-15-25)44-34(40)27(36-35(41)43-22-24-12-6-2-7-13-24)16-17-32(39)42-21-23-10-4-1-5-11-23/h1-15,18-20,27,37H,16-17,21-22H2,(H,36,41)/t27-/m1/s1. The highest BCUT2D eigenvalue weighted by Crippen LogP contribution is 2.31. The minimum Gasteiger partial charge on any atom is -0.507 e. The number of phenolic OH excluding ortho intramolecular Hbond substituents is 1. The van der Waals surface area contributed by atoms with Gasteiger partial charge in [0, 0.05) is 30.2 Å². The zero-order chi connectivity index (χ0) is 31.6. The minimum absolute atomic E-state index is 0.0135. The maximum atomic E-state index is 13.3. The maximum Gasteiger partial charge on any atom is 0.408 e. The Labute approximate surface area is 257 Å². The lowest BCUT2D eigenvalue weighted by Gasteiger charge is -2.18. The van der Waals surface area contributed by atoms with E-state index in [0.717, 1.165) is 17.2 Å². The molecule has 0 bridgehead atoms. The van der Waals surface area contributed by atoms with Crippen LogP contribution < -0.4 is 15.5 Å². The van der Waals surface area contributed by atoms with Gasteiger partial charge in [0.15, 0.2) is 5.43 Å². The lowest BCUT2D eigenvalue weighted by atomic mass is 10.1. The number of alkyl carbamates (subject to hydrolysis) is 1. The number of esters is 2. The number of nitrogens with one attached hydrogen (secondary N) is 1. The molecule has 1 heterocycles. The SMILES string of the molecule is O=C(CC[C@@H](NC(=O)OCc1ccccc1)C(=O)Oc1cc(O)c2c(=O)cc(-c3ccccc3)oc2c1)OCc1ccccc1. The third-order valence-corrected chi connectivity index (χ3v) is 6.73. The summed E-state index contributed by atoms with van der Waals surface area (Å²) in [6.45, 7) is 0.00273. The monoisotopic (exact) mass is 607 g/mol. The number of benzene rings is 4. The second-order valence-electron chi connectivity index (χ2n) is 10.0. The van der Waals surface area contributed by atoms with Gasteiger partial charge in [-0.3, -0.25) is 9.59 Å². The third-order valence-electron chi connectivity index (χ3n) is 6.73. The second-order valence-corrected chi connectivity index (χ2v) is 10.0. The molecule has 228 valence electrons. The average molecular weight is 608 g/mol. The molecule has 4 aromatic carbocycles. The summed E-state index contributed by atoms with van der Waals surface area (Å²) in [5, 5.41) is 13.0. The number of hydrogen-bond acceptors (Lipinski definition) is 9. The van der Waals surface area contributed by atoms with Crippen LogP contribution in [0.4, 0.5) is 4.79 Å². The van der Waals surface area contributed by atoms with Crippen LogP contribution in [0.2, 0.25) is 0 Å². The molecule has 0 fully saturated rings. The number of carbonyl (C=O) groups excluding carboxylic acids is 3. The van der Waals surface area contributed by atoms with Gasteiger partial charge in [-0.2, -0.15) is 0 Å². The fraction of sp³-hybridized carbons (Fsp3) is 0.143. The molecule has 45 heavy (non-hydrogen) atoms. The normalized spacial score (nSPS) is 11.4. The molecule has 10 heteroatoms. The molecule has 0 saturated carbocycles. The van der Waals surface area contributed by atoms with E-state index < -0.39 is 35.3 Å². The Morgan fingerprint density at radius 3 is 2.02 bits per heavy atom. The first-order valence-electron chi connectivity index (χ1n) is 14.1. The van der Waals surface area contributed by atoms with E-state index in [1.165, 1.54) is 12.1 Å². The van der Waals surface area contributed by atoms with Crippen LogP contribution in [0.25, 0.3) is 22.3 Å². The zero-order valence-corrected chi connectivity index (χ0v) is 24.0. The fourth-order valence-corrected chi connectivity index (χ4v) is 4.46. The van der Waals surface area contributed by atoms with Crippen LogP contribution in [0, 0.1) is 0 Å². The number of carbonyl (C=O) groups is 3. The molecular formula is C35H29NO9. The smallest absolute Gasteiger partial charge is 0.408 e. The largest absolute Gasteiger partial charge is 0.507 e. The Morgan fingerprint density at radius 1 is 0.778 bits per heavy atom. The molecule has 1 amide bonds. The lowest BCUT2D eigenvalue weighted by molar-refractivity contribution is -0.145. The number of phenols is 1. The van der Waals surface area contributed by atoms with Gasteiger partial charge in [-0.25, -0.2) is 9.59 Å². The molecule has 0 radical (unpaired) electrons. The molecule has 5 rings (SSSR count). The van der Waals surface area contributed by atoms with E-state index in [9.17, 15) is 24.3 Å². The third kappa shape index (κ3) is 8.35. The van der Waals surface area contributed by atoms with E-state index in [1.807, 2.05) is 42.5 Å². The van der Waals surface area contributed by atoms with Crippen molar-refractivity contribution in [2.24, 2.45) is 0 Å². The Kier molecular flexibility index (Phi) is 9.86. The van der Waals surface area contributed by atoms with Crippen molar-refractivity contribution in [2.45, 2.75) is 32.1 Å². The molecule has 0 aliphatic carbocycles. The van der Waals surface area contributed by atoms with Gasteiger partial charge >= 0.3 is 18.0 Å². The molecule has 0 aliphatic rings. The fourth-order valence-electron chi connectivity index (χ4n) is 4.46. The first-order chi connectivity index (χ1) is 21.9. The second kappa shape index (κ2) is 14.5. The van der Waals surface area contributed by atoms with Crippen molar-refractivity contribution in [1.29, 1.82) is 0 Å². The van der Waals surface area contributed by atoms with Crippen LogP contribution >= 0.6 is 0 Å². The topological polar surface area (TPSA) is 141 Å². The van der Waals surface area contributed by atoms with E-state index in [2.05, 4.69) is 5.32 Å². The highest BCUT2D eigenvalue weighted by molar-refractivity contribution is 5.88.